The van der Waals surface area contributed by atoms with Gasteiger partial charge in [0.2, 0.25) is 0 Å². The van der Waals surface area contributed by atoms with Crippen LogP contribution in [0.5, 0.6) is 0 Å². The van der Waals surface area contributed by atoms with Gasteiger partial charge in [-0.15, -0.1) is 11.8 Å². The molecule has 25 heavy (non-hydrogen) atoms. The van der Waals surface area contributed by atoms with Gasteiger partial charge in [-0.05, 0) is 11.1 Å². The molecule has 0 aliphatic carbocycles. The lowest BCUT2D eigenvalue weighted by atomic mass is 10.1. The molecule has 3 rings (SSSR count). The third-order valence-corrected chi connectivity index (χ3v) is 5.08. The maximum Gasteiger partial charge on any atom is 0.268 e. The monoisotopic (exact) mass is 353 g/mol. The van der Waals surface area contributed by atoms with Crippen molar-refractivity contribution in [3.8, 4) is 0 Å². The van der Waals surface area contributed by atoms with Gasteiger partial charge in [0.25, 0.3) is 11.8 Å². The molecule has 0 saturated carbocycles. The summed E-state index contributed by atoms with van der Waals surface area (Å²) in [7, 11) is 1.56. The van der Waals surface area contributed by atoms with E-state index in [1.165, 1.54) is 16.7 Å². The fourth-order valence-corrected chi connectivity index (χ4v) is 3.75. The minimum atomic E-state index is -0.246. The summed E-state index contributed by atoms with van der Waals surface area (Å²) >= 11 is 1.42. The number of thioether (sulfide) groups is 1. The van der Waals surface area contributed by atoms with Crippen molar-refractivity contribution >= 4 is 29.1 Å². The summed E-state index contributed by atoms with van der Waals surface area (Å²) in [5, 5.41) is 0. The lowest BCUT2D eigenvalue weighted by Gasteiger charge is -2.14. The molecule has 5 heteroatoms. The van der Waals surface area contributed by atoms with E-state index in [9.17, 15) is 9.59 Å². The molecule has 2 aromatic carbocycles. The zero-order valence-electron chi connectivity index (χ0n) is 14.0. The van der Waals surface area contributed by atoms with Crippen molar-refractivity contribution in [2.45, 2.75) is 5.75 Å². The molecule has 0 saturated heterocycles. The Balaban J connectivity index is 1.91. The lowest BCUT2D eigenvalue weighted by Crippen LogP contribution is -2.34. The molecular weight excluding hydrogens is 334 g/mol. The zero-order chi connectivity index (χ0) is 17.6. The smallest absolute Gasteiger partial charge is 0.268 e. The molecule has 0 aromatic heterocycles. The first-order valence-electron chi connectivity index (χ1n) is 8.04. The predicted molar refractivity (Wildman–Crippen MR) is 99.7 cm³/mol. The summed E-state index contributed by atoms with van der Waals surface area (Å²) in [5.41, 5.74) is 2.38. The zero-order valence-corrected chi connectivity index (χ0v) is 14.8. The van der Waals surface area contributed by atoms with E-state index in [1.807, 2.05) is 60.7 Å². The Morgan fingerprint density at radius 1 is 0.920 bits per heavy atom. The maximum absolute atomic E-state index is 12.8. The van der Waals surface area contributed by atoms with Gasteiger partial charge >= 0.3 is 0 Å². The van der Waals surface area contributed by atoms with Gasteiger partial charge in [0.05, 0.1) is 23.6 Å². The van der Waals surface area contributed by atoms with Crippen molar-refractivity contribution in [2.24, 2.45) is 0 Å². The van der Waals surface area contributed by atoms with Crippen molar-refractivity contribution in [1.82, 2.24) is 4.90 Å². The number of carbonyl (C=O) groups is 2. The average molecular weight is 353 g/mol. The van der Waals surface area contributed by atoms with Gasteiger partial charge in [-0.3, -0.25) is 14.5 Å². The largest absolute Gasteiger partial charge is 0.383 e. The summed E-state index contributed by atoms with van der Waals surface area (Å²) < 4.78 is 5.03. The second-order valence-corrected chi connectivity index (χ2v) is 6.58. The van der Waals surface area contributed by atoms with Crippen LogP contribution in [0.2, 0.25) is 0 Å². The Morgan fingerprint density at radius 2 is 1.56 bits per heavy atom. The summed E-state index contributed by atoms with van der Waals surface area (Å²) in [5.74, 6) is 0.162. The molecule has 2 aromatic rings. The van der Waals surface area contributed by atoms with E-state index in [-0.39, 0.29) is 18.4 Å². The molecule has 0 bridgehead atoms. The maximum atomic E-state index is 12.8. The number of amides is 2. The number of benzene rings is 2. The quantitative estimate of drug-likeness (QED) is 0.716. The van der Waals surface area contributed by atoms with Gasteiger partial charge in [0.15, 0.2) is 0 Å². The van der Waals surface area contributed by atoms with E-state index >= 15 is 0 Å². The second-order valence-electron chi connectivity index (χ2n) is 5.60. The van der Waals surface area contributed by atoms with E-state index < -0.39 is 0 Å². The van der Waals surface area contributed by atoms with Gasteiger partial charge in [0, 0.05) is 12.9 Å². The van der Waals surface area contributed by atoms with Gasteiger partial charge in [-0.1, -0.05) is 60.7 Å². The number of carbonyl (C=O) groups excluding carboxylic acids is 2. The Hall–Kier alpha value is -2.37. The highest BCUT2D eigenvalue weighted by molar-refractivity contribution is 8.03. The molecule has 0 spiro atoms. The van der Waals surface area contributed by atoms with E-state index in [0.717, 1.165) is 11.1 Å². The number of methoxy groups -OCH3 is 1. The standard InChI is InChI=1S/C20H19NO3S/c1-24-13-12-21-19(22)17(16-10-6-3-7-11-16)18(20(21)23)25-14-15-8-4-2-5-9-15/h2-11H,12-14H2,1H3. The molecule has 2 amide bonds. The van der Waals surface area contributed by atoms with E-state index in [0.29, 0.717) is 22.8 Å². The Kier molecular flexibility index (Phi) is 5.68. The molecule has 0 unspecified atom stereocenters. The highest BCUT2D eigenvalue weighted by Gasteiger charge is 2.38. The number of hydrogen-bond acceptors (Lipinski definition) is 4. The number of hydrogen-bond donors (Lipinski definition) is 0. The molecule has 0 N–H and O–H groups in total. The first-order chi connectivity index (χ1) is 12.2. The highest BCUT2D eigenvalue weighted by Crippen LogP contribution is 2.37. The normalized spacial score (nSPS) is 14.5. The first kappa shape index (κ1) is 17.5. The fraction of sp³-hybridized carbons (Fsp3) is 0.200. The van der Waals surface area contributed by atoms with Gasteiger partial charge < -0.3 is 4.74 Å². The van der Waals surface area contributed by atoms with Crippen molar-refractivity contribution in [3.63, 3.8) is 0 Å². The second kappa shape index (κ2) is 8.14. The van der Waals surface area contributed by atoms with Crippen LogP contribution in [0.1, 0.15) is 11.1 Å². The Morgan fingerprint density at radius 3 is 2.20 bits per heavy atom. The van der Waals surface area contributed by atoms with Gasteiger partial charge in [-0.2, -0.15) is 0 Å². The Labute approximate surface area is 151 Å². The SMILES string of the molecule is COCCN1C(=O)C(SCc2ccccc2)=C(c2ccccc2)C1=O. The summed E-state index contributed by atoms with van der Waals surface area (Å²) in [6.45, 7) is 0.593. The van der Waals surface area contributed by atoms with E-state index in [4.69, 9.17) is 4.74 Å². The number of nitrogens with zero attached hydrogens (tertiary/aromatic N) is 1. The number of ether oxygens (including phenoxy) is 1. The third-order valence-electron chi connectivity index (χ3n) is 3.93. The minimum absolute atomic E-state index is 0.234. The van der Waals surface area contributed by atoms with Crippen LogP contribution >= 0.6 is 11.8 Å². The molecule has 128 valence electrons. The van der Waals surface area contributed by atoms with Crippen LogP contribution < -0.4 is 0 Å². The van der Waals surface area contributed by atoms with Crippen molar-refractivity contribution < 1.29 is 14.3 Å². The van der Waals surface area contributed by atoms with Crippen LogP contribution in [0, 0.1) is 0 Å². The van der Waals surface area contributed by atoms with Crippen molar-refractivity contribution in [1.29, 1.82) is 0 Å². The summed E-state index contributed by atoms with van der Waals surface area (Å²) in [6, 6.07) is 19.3. The van der Waals surface area contributed by atoms with Crippen LogP contribution in [0.3, 0.4) is 0 Å². The average Bonchev–Trinajstić information content (AvgIpc) is 2.89. The highest BCUT2D eigenvalue weighted by atomic mass is 32.2. The fourth-order valence-electron chi connectivity index (χ4n) is 2.66. The number of imide groups is 1. The topological polar surface area (TPSA) is 46.6 Å². The predicted octanol–water partition coefficient (Wildman–Crippen LogP) is 3.35. The molecule has 1 aliphatic heterocycles. The van der Waals surface area contributed by atoms with Crippen LogP contribution in [-0.2, 0) is 20.1 Å². The van der Waals surface area contributed by atoms with Crippen LogP contribution in [0.15, 0.2) is 65.6 Å². The Bertz CT molecular complexity index is 787. The van der Waals surface area contributed by atoms with Crippen LogP contribution in [0.4, 0.5) is 0 Å². The molecular formula is C20H19NO3S. The van der Waals surface area contributed by atoms with Gasteiger partial charge in [0.1, 0.15) is 0 Å². The number of rotatable bonds is 7. The van der Waals surface area contributed by atoms with Gasteiger partial charge in [-0.25, -0.2) is 0 Å². The van der Waals surface area contributed by atoms with Crippen molar-refractivity contribution in [3.05, 3.63) is 76.7 Å². The third kappa shape index (κ3) is 3.83. The van der Waals surface area contributed by atoms with E-state index in [1.54, 1.807) is 7.11 Å². The molecule has 0 radical (unpaired) electrons. The van der Waals surface area contributed by atoms with Crippen LogP contribution in [-0.4, -0.2) is 37.0 Å². The molecule has 1 aliphatic rings. The first-order valence-corrected chi connectivity index (χ1v) is 9.02. The van der Waals surface area contributed by atoms with E-state index in [2.05, 4.69) is 0 Å². The molecule has 1 heterocycles. The minimum Gasteiger partial charge on any atom is -0.383 e. The lowest BCUT2D eigenvalue weighted by molar-refractivity contribution is -0.137. The van der Waals surface area contributed by atoms with Crippen molar-refractivity contribution in [2.75, 3.05) is 20.3 Å². The summed E-state index contributed by atoms with van der Waals surface area (Å²) in [6.07, 6.45) is 0. The molecule has 0 atom stereocenters. The van der Waals surface area contributed by atoms with Crippen LogP contribution in [0.25, 0.3) is 5.57 Å². The molecule has 4 nitrogen and oxygen atoms in total. The molecule has 0 fully saturated rings. The summed E-state index contributed by atoms with van der Waals surface area (Å²) in [4.78, 5) is 27.4.